The fourth-order valence-electron chi connectivity index (χ4n) is 2.21. The first-order valence-electron chi connectivity index (χ1n) is 6.06. The molecular weight excluding hydrogens is 190 g/mol. The van der Waals surface area contributed by atoms with Gasteiger partial charge in [-0.05, 0) is 32.9 Å². The molecule has 88 valence electrons. The molecule has 1 fully saturated rings. The molecule has 0 atom stereocenters. The van der Waals surface area contributed by atoms with Crippen LogP contribution in [0.15, 0.2) is 0 Å². The van der Waals surface area contributed by atoms with Gasteiger partial charge >= 0.3 is 5.97 Å². The molecule has 15 heavy (non-hydrogen) atoms. The molecule has 3 nitrogen and oxygen atoms in total. The van der Waals surface area contributed by atoms with Gasteiger partial charge < -0.3 is 4.74 Å². The Hall–Kier alpha value is -0.570. The number of ether oxygens (including phenoxy) is 1. The van der Waals surface area contributed by atoms with Gasteiger partial charge in [-0.15, -0.1) is 0 Å². The smallest absolute Gasteiger partial charge is 0.320 e. The molecule has 0 aromatic rings. The topological polar surface area (TPSA) is 29.5 Å². The lowest BCUT2D eigenvalue weighted by Crippen LogP contribution is -2.29. The van der Waals surface area contributed by atoms with Crippen molar-refractivity contribution in [2.24, 2.45) is 5.92 Å². The molecule has 0 radical (unpaired) electrons. The Morgan fingerprint density at radius 1 is 1.40 bits per heavy atom. The Balaban J connectivity index is 2.06. The molecule has 0 saturated heterocycles. The van der Waals surface area contributed by atoms with Gasteiger partial charge in [0, 0.05) is 0 Å². The summed E-state index contributed by atoms with van der Waals surface area (Å²) in [6, 6.07) is 0. The van der Waals surface area contributed by atoms with Crippen LogP contribution in [0.5, 0.6) is 0 Å². The van der Waals surface area contributed by atoms with E-state index in [1.165, 1.54) is 32.1 Å². The van der Waals surface area contributed by atoms with Crippen molar-refractivity contribution in [3.8, 4) is 0 Å². The van der Waals surface area contributed by atoms with E-state index in [2.05, 4.69) is 4.90 Å². The highest BCUT2D eigenvalue weighted by Gasteiger charge is 2.16. The third-order valence-electron chi connectivity index (χ3n) is 3.10. The maximum absolute atomic E-state index is 11.2. The van der Waals surface area contributed by atoms with Gasteiger partial charge in [0.05, 0.1) is 13.2 Å². The predicted octanol–water partition coefficient (Wildman–Crippen LogP) is 2.06. The van der Waals surface area contributed by atoms with Gasteiger partial charge in [0.1, 0.15) is 0 Å². The first kappa shape index (κ1) is 12.5. The number of hydrogen-bond donors (Lipinski definition) is 0. The Morgan fingerprint density at radius 3 is 2.67 bits per heavy atom. The van der Waals surface area contributed by atoms with Crippen molar-refractivity contribution < 1.29 is 9.53 Å². The van der Waals surface area contributed by atoms with Crippen molar-refractivity contribution in [2.75, 3.05) is 26.7 Å². The molecule has 1 aliphatic carbocycles. The van der Waals surface area contributed by atoms with Crippen LogP contribution in [0, 0.1) is 5.92 Å². The number of carbonyl (C=O) groups is 1. The lowest BCUT2D eigenvalue weighted by Gasteiger charge is -2.17. The minimum atomic E-state index is -0.105. The average Bonchev–Trinajstić information content (AvgIpc) is 2.67. The third-order valence-corrected chi connectivity index (χ3v) is 3.10. The monoisotopic (exact) mass is 213 g/mol. The highest BCUT2D eigenvalue weighted by molar-refractivity contribution is 5.71. The molecule has 0 N–H and O–H groups in total. The minimum Gasteiger partial charge on any atom is -0.465 e. The van der Waals surface area contributed by atoms with E-state index in [1.807, 2.05) is 14.0 Å². The van der Waals surface area contributed by atoms with Gasteiger partial charge in [0.15, 0.2) is 0 Å². The summed E-state index contributed by atoms with van der Waals surface area (Å²) < 4.78 is 4.90. The zero-order valence-electron chi connectivity index (χ0n) is 10.00. The molecule has 0 unspecified atom stereocenters. The van der Waals surface area contributed by atoms with Crippen molar-refractivity contribution in [2.45, 2.75) is 39.0 Å². The van der Waals surface area contributed by atoms with Gasteiger partial charge in [0.25, 0.3) is 0 Å². The van der Waals surface area contributed by atoms with Crippen LogP contribution in [-0.4, -0.2) is 37.6 Å². The summed E-state index contributed by atoms with van der Waals surface area (Å²) in [5.41, 5.74) is 0. The number of nitrogens with zero attached hydrogens (tertiary/aromatic N) is 1. The summed E-state index contributed by atoms with van der Waals surface area (Å²) in [5.74, 6) is 0.793. The third kappa shape index (κ3) is 5.17. The molecular formula is C12H23NO2. The van der Waals surface area contributed by atoms with E-state index in [4.69, 9.17) is 4.74 Å². The molecule has 0 aromatic carbocycles. The van der Waals surface area contributed by atoms with E-state index in [0.29, 0.717) is 13.2 Å². The predicted molar refractivity (Wildman–Crippen MR) is 60.7 cm³/mol. The zero-order valence-corrected chi connectivity index (χ0v) is 10.00. The molecule has 0 bridgehead atoms. The number of esters is 1. The van der Waals surface area contributed by atoms with E-state index in [9.17, 15) is 4.79 Å². The Labute approximate surface area is 92.8 Å². The lowest BCUT2D eigenvalue weighted by molar-refractivity contribution is -0.144. The van der Waals surface area contributed by atoms with Crippen LogP contribution in [0.2, 0.25) is 0 Å². The van der Waals surface area contributed by atoms with Gasteiger partial charge in [-0.3, -0.25) is 9.69 Å². The van der Waals surface area contributed by atoms with Crippen molar-refractivity contribution in [3.05, 3.63) is 0 Å². The van der Waals surface area contributed by atoms with Crippen molar-refractivity contribution in [1.29, 1.82) is 0 Å². The molecule has 0 heterocycles. The summed E-state index contributed by atoms with van der Waals surface area (Å²) in [5, 5.41) is 0. The molecule has 0 amide bonds. The summed E-state index contributed by atoms with van der Waals surface area (Å²) in [7, 11) is 1.99. The second-order valence-electron chi connectivity index (χ2n) is 4.48. The van der Waals surface area contributed by atoms with Gasteiger partial charge in [-0.1, -0.05) is 25.7 Å². The van der Waals surface area contributed by atoms with Crippen LogP contribution in [0.25, 0.3) is 0 Å². The van der Waals surface area contributed by atoms with Gasteiger partial charge in [0.2, 0.25) is 0 Å². The summed E-state index contributed by atoms with van der Waals surface area (Å²) in [6.07, 6.45) is 6.79. The SMILES string of the molecule is CCOC(=O)CN(C)CCC1CCCC1. The Bertz CT molecular complexity index is 188. The van der Waals surface area contributed by atoms with Gasteiger partial charge in [-0.25, -0.2) is 0 Å². The largest absolute Gasteiger partial charge is 0.465 e. The van der Waals surface area contributed by atoms with Crippen LogP contribution in [0.1, 0.15) is 39.0 Å². The number of hydrogen-bond acceptors (Lipinski definition) is 3. The van der Waals surface area contributed by atoms with Crippen LogP contribution < -0.4 is 0 Å². The molecule has 1 saturated carbocycles. The molecule has 0 spiro atoms. The fraction of sp³-hybridized carbons (Fsp3) is 0.917. The van der Waals surface area contributed by atoms with Crippen molar-refractivity contribution >= 4 is 5.97 Å². The van der Waals surface area contributed by atoms with E-state index < -0.39 is 0 Å². The van der Waals surface area contributed by atoms with E-state index in [1.54, 1.807) is 0 Å². The second-order valence-corrected chi connectivity index (χ2v) is 4.48. The van der Waals surface area contributed by atoms with Crippen molar-refractivity contribution in [3.63, 3.8) is 0 Å². The lowest BCUT2D eigenvalue weighted by atomic mass is 10.0. The van der Waals surface area contributed by atoms with E-state index in [0.717, 1.165) is 12.5 Å². The van der Waals surface area contributed by atoms with Gasteiger partial charge in [-0.2, -0.15) is 0 Å². The quantitative estimate of drug-likeness (QED) is 0.633. The van der Waals surface area contributed by atoms with Crippen LogP contribution >= 0.6 is 0 Å². The number of carbonyl (C=O) groups excluding carboxylic acids is 1. The van der Waals surface area contributed by atoms with Crippen LogP contribution in [-0.2, 0) is 9.53 Å². The first-order chi connectivity index (χ1) is 7.22. The highest BCUT2D eigenvalue weighted by Crippen LogP contribution is 2.27. The fourth-order valence-corrected chi connectivity index (χ4v) is 2.21. The standard InChI is InChI=1S/C12H23NO2/c1-3-15-12(14)10-13(2)9-8-11-6-4-5-7-11/h11H,3-10H2,1-2H3. The Kier molecular flexibility index (Phi) is 5.69. The number of likely N-dealkylation sites (N-methyl/N-ethyl adjacent to an activating group) is 1. The average molecular weight is 213 g/mol. The van der Waals surface area contributed by atoms with E-state index in [-0.39, 0.29) is 5.97 Å². The molecule has 1 rings (SSSR count). The highest BCUT2D eigenvalue weighted by atomic mass is 16.5. The van der Waals surface area contributed by atoms with E-state index >= 15 is 0 Å². The Morgan fingerprint density at radius 2 is 2.07 bits per heavy atom. The normalized spacial score (nSPS) is 17.3. The molecule has 0 aromatic heterocycles. The minimum absolute atomic E-state index is 0.105. The zero-order chi connectivity index (χ0) is 11.1. The number of rotatable bonds is 6. The maximum Gasteiger partial charge on any atom is 0.320 e. The van der Waals surface area contributed by atoms with Crippen LogP contribution in [0.4, 0.5) is 0 Å². The molecule has 0 aliphatic heterocycles. The summed E-state index contributed by atoms with van der Waals surface area (Å²) >= 11 is 0. The van der Waals surface area contributed by atoms with Crippen molar-refractivity contribution in [1.82, 2.24) is 4.90 Å². The summed E-state index contributed by atoms with van der Waals surface area (Å²) in [4.78, 5) is 13.3. The summed E-state index contributed by atoms with van der Waals surface area (Å²) in [6.45, 7) is 3.77. The first-order valence-corrected chi connectivity index (χ1v) is 6.06. The van der Waals surface area contributed by atoms with Crippen LogP contribution in [0.3, 0.4) is 0 Å². The maximum atomic E-state index is 11.2. The molecule has 1 aliphatic rings. The second kappa shape index (κ2) is 6.83. The molecule has 3 heteroatoms.